The van der Waals surface area contributed by atoms with Gasteiger partial charge in [-0.1, -0.05) is 42.1 Å². The van der Waals surface area contributed by atoms with E-state index in [0.717, 1.165) is 15.8 Å². The van der Waals surface area contributed by atoms with Gasteiger partial charge in [-0.3, -0.25) is 19.7 Å². The van der Waals surface area contributed by atoms with Crippen molar-refractivity contribution in [3.8, 4) is 5.75 Å². The number of nitrogens with zero attached hydrogens (tertiary/aromatic N) is 2. The molecule has 3 aromatic carbocycles. The number of carbonyl (C=O) groups excluding carboxylic acids is 2. The maximum atomic E-state index is 12.4. The Bertz CT molecular complexity index is 1410. The van der Waals surface area contributed by atoms with E-state index in [1.807, 2.05) is 42.5 Å². The summed E-state index contributed by atoms with van der Waals surface area (Å²) in [4.78, 5) is 40.0. The molecule has 184 valence electrons. The summed E-state index contributed by atoms with van der Waals surface area (Å²) < 4.78 is 6.56. The fraction of sp³-hybridized carbons (Fsp3) is 0.160. The smallest absolute Gasteiger partial charge is 0.296 e. The summed E-state index contributed by atoms with van der Waals surface area (Å²) in [6.45, 7) is 0. The standard InChI is InChI=1S/C25H22N4O5S2/c1-34-18-9-11-19(21(14-18)29(32)33)27-24(31)15-35-25-28-20-10-8-17(13-22(20)36-25)26-23(30)12-7-16-5-3-2-4-6-16/h2-6,8-11,13-14H,7,12,15H2,1H3,(H,26,30)(H,27,31). The molecule has 0 fully saturated rings. The van der Waals surface area contributed by atoms with E-state index in [1.165, 1.54) is 42.3 Å². The molecule has 0 saturated heterocycles. The van der Waals surface area contributed by atoms with E-state index < -0.39 is 4.92 Å². The van der Waals surface area contributed by atoms with Crippen molar-refractivity contribution in [3.05, 3.63) is 82.4 Å². The van der Waals surface area contributed by atoms with Crippen LogP contribution in [0.15, 0.2) is 71.1 Å². The maximum Gasteiger partial charge on any atom is 0.296 e. The van der Waals surface area contributed by atoms with Crippen molar-refractivity contribution < 1.29 is 19.2 Å². The normalized spacial score (nSPS) is 10.7. The topological polar surface area (TPSA) is 123 Å². The van der Waals surface area contributed by atoms with Crippen molar-refractivity contribution in [1.29, 1.82) is 0 Å². The second-order valence-corrected chi connectivity index (χ2v) is 9.93. The molecule has 1 heterocycles. The Labute approximate surface area is 215 Å². The van der Waals surface area contributed by atoms with Gasteiger partial charge < -0.3 is 15.4 Å². The van der Waals surface area contributed by atoms with Crippen molar-refractivity contribution >= 4 is 62.2 Å². The number of nitro groups is 1. The lowest BCUT2D eigenvalue weighted by Crippen LogP contribution is -2.15. The maximum absolute atomic E-state index is 12.4. The van der Waals surface area contributed by atoms with E-state index in [1.54, 1.807) is 12.1 Å². The van der Waals surface area contributed by atoms with Crippen molar-refractivity contribution in [2.75, 3.05) is 23.5 Å². The van der Waals surface area contributed by atoms with Gasteiger partial charge in [0.1, 0.15) is 11.4 Å². The number of hydrogen-bond acceptors (Lipinski definition) is 8. The number of fused-ring (bicyclic) bond motifs is 1. The van der Waals surface area contributed by atoms with Gasteiger partial charge in [-0.05, 0) is 42.3 Å². The number of aryl methyl sites for hydroxylation is 1. The van der Waals surface area contributed by atoms with Gasteiger partial charge in [0.05, 0.1) is 34.1 Å². The van der Waals surface area contributed by atoms with Crippen molar-refractivity contribution in [2.24, 2.45) is 0 Å². The number of amides is 2. The van der Waals surface area contributed by atoms with Gasteiger partial charge in [-0.15, -0.1) is 11.3 Å². The summed E-state index contributed by atoms with van der Waals surface area (Å²) in [7, 11) is 1.41. The second kappa shape index (κ2) is 11.6. The molecule has 0 unspecified atom stereocenters. The number of nitrogens with one attached hydrogen (secondary N) is 2. The molecular weight excluding hydrogens is 500 g/mol. The molecule has 0 aliphatic heterocycles. The summed E-state index contributed by atoms with van der Waals surface area (Å²) >= 11 is 2.64. The average Bonchev–Trinajstić information content (AvgIpc) is 3.29. The van der Waals surface area contributed by atoms with Crippen LogP contribution in [0.3, 0.4) is 0 Å². The quantitative estimate of drug-likeness (QED) is 0.160. The minimum Gasteiger partial charge on any atom is -0.496 e. The van der Waals surface area contributed by atoms with Gasteiger partial charge in [-0.25, -0.2) is 4.98 Å². The number of rotatable bonds is 10. The number of benzene rings is 3. The average molecular weight is 523 g/mol. The van der Waals surface area contributed by atoms with Crippen LogP contribution in [0.2, 0.25) is 0 Å². The molecule has 4 rings (SSSR count). The molecule has 0 spiro atoms. The third-order valence-electron chi connectivity index (χ3n) is 5.14. The van der Waals surface area contributed by atoms with Crippen LogP contribution in [0.4, 0.5) is 17.1 Å². The van der Waals surface area contributed by atoms with Gasteiger partial charge in [0.2, 0.25) is 11.8 Å². The number of methoxy groups -OCH3 is 1. The number of thiazole rings is 1. The van der Waals surface area contributed by atoms with Gasteiger partial charge in [0, 0.05) is 12.1 Å². The predicted molar refractivity (Wildman–Crippen MR) is 142 cm³/mol. The number of nitro benzene ring substituents is 1. The van der Waals surface area contributed by atoms with Crippen LogP contribution in [0, 0.1) is 10.1 Å². The third-order valence-corrected chi connectivity index (χ3v) is 7.30. The van der Waals surface area contributed by atoms with Crippen LogP contribution in [0.25, 0.3) is 10.2 Å². The SMILES string of the molecule is COc1ccc(NC(=O)CSc2nc3ccc(NC(=O)CCc4ccccc4)cc3s2)c([N+](=O)[O-])c1. The highest BCUT2D eigenvalue weighted by molar-refractivity contribution is 8.01. The molecule has 1 aromatic heterocycles. The lowest BCUT2D eigenvalue weighted by Gasteiger charge is -2.07. The minimum absolute atomic E-state index is 0.0338. The molecule has 0 aliphatic carbocycles. The summed E-state index contributed by atoms with van der Waals surface area (Å²) in [5.74, 6) is -0.0951. The Morgan fingerprint density at radius 3 is 2.61 bits per heavy atom. The molecule has 0 bridgehead atoms. The highest BCUT2D eigenvalue weighted by Crippen LogP contribution is 2.32. The number of thioether (sulfide) groups is 1. The third kappa shape index (κ3) is 6.58. The van der Waals surface area contributed by atoms with Gasteiger partial charge in [0.25, 0.3) is 5.69 Å². The largest absolute Gasteiger partial charge is 0.496 e. The van der Waals surface area contributed by atoms with Crippen LogP contribution in [-0.2, 0) is 16.0 Å². The highest BCUT2D eigenvalue weighted by atomic mass is 32.2. The summed E-state index contributed by atoms with van der Waals surface area (Å²) in [6, 6.07) is 19.6. The Morgan fingerprint density at radius 1 is 1.06 bits per heavy atom. The number of ether oxygens (including phenoxy) is 1. The molecule has 0 radical (unpaired) electrons. The fourth-order valence-corrected chi connectivity index (χ4v) is 5.29. The molecule has 0 atom stereocenters. The van der Waals surface area contributed by atoms with E-state index in [9.17, 15) is 19.7 Å². The summed E-state index contributed by atoms with van der Waals surface area (Å²) in [5.41, 5.74) is 2.41. The molecule has 9 nitrogen and oxygen atoms in total. The molecule has 2 N–H and O–H groups in total. The Kier molecular flexibility index (Phi) is 8.13. The first kappa shape index (κ1) is 25.1. The first-order chi connectivity index (χ1) is 17.4. The van der Waals surface area contributed by atoms with Crippen LogP contribution in [0.5, 0.6) is 5.75 Å². The molecule has 36 heavy (non-hydrogen) atoms. The van der Waals surface area contributed by atoms with Crippen molar-refractivity contribution in [3.63, 3.8) is 0 Å². The Balaban J connectivity index is 1.33. The van der Waals surface area contributed by atoms with E-state index in [0.29, 0.717) is 28.6 Å². The number of hydrogen-bond donors (Lipinski definition) is 2. The second-order valence-electron chi connectivity index (χ2n) is 7.67. The molecule has 2 amide bonds. The molecule has 0 saturated carbocycles. The van der Waals surface area contributed by atoms with E-state index >= 15 is 0 Å². The molecule has 4 aromatic rings. The van der Waals surface area contributed by atoms with Crippen LogP contribution in [0.1, 0.15) is 12.0 Å². The van der Waals surface area contributed by atoms with E-state index in [4.69, 9.17) is 4.74 Å². The van der Waals surface area contributed by atoms with Crippen molar-refractivity contribution in [1.82, 2.24) is 4.98 Å². The number of carbonyl (C=O) groups is 2. The van der Waals surface area contributed by atoms with Crippen LogP contribution >= 0.6 is 23.1 Å². The van der Waals surface area contributed by atoms with Gasteiger partial charge >= 0.3 is 0 Å². The Morgan fingerprint density at radius 2 is 1.86 bits per heavy atom. The van der Waals surface area contributed by atoms with E-state index in [2.05, 4.69) is 15.6 Å². The van der Waals surface area contributed by atoms with E-state index in [-0.39, 0.29) is 28.9 Å². The zero-order valence-electron chi connectivity index (χ0n) is 19.2. The Hall–Kier alpha value is -3.96. The fourth-order valence-electron chi connectivity index (χ4n) is 3.38. The number of anilines is 2. The molecular formula is C25H22N4O5S2. The van der Waals surface area contributed by atoms with Crippen molar-refractivity contribution in [2.45, 2.75) is 17.2 Å². The minimum atomic E-state index is -0.573. The predicted octanol–water partition coefficient (Wildman–Crippen LogP) is 5.52. The van der Waals surface area contributed by atoms with Gasteiger partial charge in [0.15, 0.2) is 4.34 Å². The molecule has 0 aliphatic rings. The lowest BCUT2D eigenvalue weighted by atomic mass is 10.1. The van der Waals surface area contributed by atoms with Crippen LogP contribution < -0.4 is 15.4 Å². The first-order valence-electron chi connectivity index (χ1n) is 10.9. The summed E-state index contributed by atoms with van der Waals surface area (Å²) in [6.07, 6.45) is 1.05. The highest BCUT2D eigenvalue weighted by Gasteiger charge is 2.18. The zero-order chi connectivity index (χ0) is 25.5. The lowest BCUT2D eigenvalue weighted by molar-refractivity contribution is -0.384. The first-order valence-corrected chi connectivity index (χ1v) is 12.7. The molecule has 11 heteroatoms. The monoisotopic (exact) mass is 522 g/mol. The van der Waals surface area contributed by atoms with Crippen LogP contribution in [-0.4, -0.2) is 34.6 Å². The van der Waals surface area contributed by atoms with Gasteiger partial charge in [-0.2, -0.15) is 0 Å². The summed E-state index contributed by atoms with van der Waals surface area (Å²) in [5, 5.41) is 16.8. The number of aromatic nitrogens is 1. The zero-order valence-corrected chi connectivity index (χ0v) is 20.9.